The van der Waals surface area contributed by atoms with E-state index in [1.807, 2.05) is 12.2 Å². The van der Waals surface area contributed by atoms with E-state index in [2.05, 4.69) is 49.2 Å². The molecular weight excluding hydrogens is 342 g/mol. The molecule has 0 unspecified atom stereocenters. The SMILES string of the molecule is Cc1ccc2c(c1)C(C)(C)[C@]1(/C=C/c3ccc([N+](=O)[O-])cc3)NC(=O)CN21. The molecule has 2 aromatic carbocycles. The van der Waals surface area contributed by atoms with Crippen LogP contribution in [0.3, 0.4) is 0 Å². The molecule has 2 aromatic rings. The highest BCUT2D eigenvalue weighted by Crippen LogP contribution is 2.53. The van der Waals surface area contributed by atoms with Gasteiger partial charge in [-0.2, -0.15) is 0 Å². The second kappa shape index (κ2) is 5.67. The minimum absolute atomic E-state index is 0.0114. The lowest BCUT2D eigenvalue weighted by molar-refractivity contribution is -0.384. The number of non-ortho nitro benzene ring substituents is 1. The van der Waals surface area contributed by atoms with Gasteiger partial charge in [0, 0.05) is 23.2 Å². The van der Waals surface area contributed by atoms with Crippen molar-refractivity contribution in [3.8, 4) is 0 Å². The summed E-state index contributed by atoms with van der Waals surface area (Å²) in [5, 5.41) is 14.0. The maximum Gasteiger partial charge on any atom is 0.269 e. The Morgan fingerprint density at radius 1 is 1.19 bits per heavy atom. The number of nitrogens with one attached hydrogen (secondary N) is 1. The lowest BCUT2D eigenvalue weighted by atomic mass is 9.75. The van der Waals surface area contributed by atoms with Crippen LogP contribution < -0.4 is 10.2 Å². The molecule has 1 atom stereocenters. The van der Waals surface area contributed by atoms with Crippen LogP contribution in [-0.4, -0.2) is 23.0 Å². The second-order valence-electron chi connectivity index (χ2n) is 7.73. The third kappa shape index (κ3) is 2.44. The van der Waals surface area contributed by atoms with E-state index < -0.39 is 10.6 Å². The molecule has 27 heavy (non-hydrogen) atoms. The number of amides is 1. The van der Waals surface area contributed by atoms with Gasteiger partial charge in [-0.1, -0.05) is 37.6 Å². The van der Waals surface area contributed by atoms with Gasteiger partial charge in [0.05, 0.1) is 11.5 Å². The molecule has 2 heterocycles. The topological polar surface area (TPSA) is 75.5 Å². The van der Waals surface area contributed by atoms with E-state index >= 15 is 0 Å². The molecule has 1 amide bonds. The van der Waals surface area contributed by atoms with Gasteiger partial charge in [-0.25, -0.2) is 0 Å². The molecule has 4 rings (SSSR count). The Labute approximate surface area is 157 Å². The lowest BCUT2D eigenvalue weighted by Crippen LogP contribution is -2.58. The average molecular weight is 363 g/mol. The zero-order valence-electron chi connectivity index (χ0n) is 15.5. The predicted molar refractivity (Wildman–Crippen MR) is 105 cm³/mol. The monoisotopic (exact) mass is 363 g/mol. The van der Waals surface area contributed by atoms with Gasteiger partial charge in [0.2, 0.25) is 5.91 Å². The first-order chi connectivity index (χ1) is 12.7. The van der Waals surface area contributed by atoms with E-state index in [0.717, 1.165) is 11.3 Å². The fraction of sp³-hybridized carbons (Fsp3) is 0.286. The largest absolute Gasteiger partial charge is 0.335 e. The van der Waals surface area contributed by atoms with E-state index in [1.165, 1.54) is 23.3 Å². The second-order valence-corrected chi connectivity index (χ2v) is 7.73. The molecule has 0 aliphatic carbocycles. The van der Waals surface area contributed by atoms with E-state index in [9.17, 15) is 14.9 Å². The number of nitro benzene ring substituents is 1. The Morgan fingerprint density at radius 3 is 2.56 bits per heavy atom. The number of nitrogens with zero attached hydrogens (tertiary/aromatic N) is 2. The summed E-state index contributed by atoms with van der Waals surface area (Å²) in [6.45, 7) is 6.65. The zero-order chi connectivity index (χ0) is 19.4. The molecule has 6 nitrogen and oxygen atoms in total. The predicted octanol–water partition coefficient (Wildman–Crippen LogP) is 3.54. The third-order valence-corrected chi connectivity index (χ3v) is 5.75. The van der Waals surface area contributed by atoms with Crippen molar-refractivity contribution in [2.45, 2.75) is 31.8 Å². The van der Waals surface area contributed by atoms with Crippen molar-refractivity contribution in [1.29, 1.82) is 0 Å². The summed E-state index contributed by atoms with van der Waals surface area (Å²) in [5.41, 5.74) is 3.36. The highest BCUT2D eigenvalue weighted by molar-refractivity contribution is 5.91. The number of hydrogen-bond acceptors (Lipinski definition) is 4. The van der Waals surface area contributed by atoms with Gasteiger partial charge in [0.25, 0.3) is 5.69 Å². The van der Waals surface area contributed by atoms with Crippen LogP contribution >= 0.6 is 0 Å². The minimum atomic E-state index is -0.665. The van der Waals surface area contributed by atoms with E-state index in [1.54, 1.807) is 12.1 Å². The Hall–Kier alpha value is -3.15. The fourth-order valence-corrected chi connectivity index (χ4v) is 4.21. The molecule has 0 radical (unpaired) electrons. The number of rotatable bonds is 3. The standard InChI is InChI=1S/C21H21N3O3/c1-14-4-9-18-17(12-14)20(2,3)21(22-19(25)13-23(18)21)11-10-15-5-7-16(8-6-15)24(26)27/h4-12H,13H2,1-3H3,(H,22,25)/b11-10+/t21-/m1/s1. The van der Waals surface area contributed by atoms with Gasteiger partial charge in [-0.3, -0.25) is 14.9 Å². The highest BCUT2D eigenvalue weighted by atomic mass is 16.6. The molecule has 0 bridgehead atoms. The molecule has 2 aliphatic heterocycles. The Morgan fingerprint density at radius 2 is 1.89 bits per heavy atom. The van der Waals surface area contributed by atoms with Crippen LogP contribution in [0.2, 0.25) is 0 Å². The molecule has 1 N–H and O–H groups in total. The number of anilines is 1. The first kappa shape index (κ1) is 17.3. The van der Waals surface area contributed by atoms with Crippen molar-refractivity contribution in [2.24, 2.45) is 0 Å². The summed E-state index contributed by atoms with van der Waals surface area (Å²) in [6, 6.07) is 12.7. The lowest BCUT2D eigenvalue weighted by Gasteiger charge is -2.40. The summed E-state index contributed by atoms with van der Waals surface area (Å²) in [6.07, 6.45) is 3.93. The summed E-state index contributed by atoms with van der Waals surface area (Å²) in [4.78, 5) is 24.8. The van der Waals surface area contributed by atoms with Crippen molar-refractivity contribution in [1.82, 2.24) is 5.32 Å². The number of aryl methyl sites for hydroxylation is 1. The fourth-order valence-electron chi connectivity index (χ4n) is 4.21. The summed E-state index contributed by atoms with van der Waals surface area (Å²) in [5.74, 6) is -0.0114. The molecule has 1 saturated heterocycles. The summed E-state index contributed by atoms with van der Waals surface area (Å²) >= 11 is 0. The molecule has 6 heteroatoms. The normalized spacial score (nSPS) is 22.6. The molecule has 0 spiro atoms. The van der Waals surface area contributed by atoms with Crippen LogP contribution in [0, 0.1) is 17.0 Å². The van der Waals surface area contributed by atoms with Gasteiger partial charge < -0.3 is 10.2 Å². The van der Waals surface area contributed by atoms with Gasteiger partial charge >= 0.3 is 0 Å². The van der Waals surface area contributed by atoms with Crippen LogP contribution in [0.25, 0.3) is 6.08 Å². The van der Waals surface area contributed by atoms with E-state index in [-0.39, 0.29) is 17.0 Å². The Bertz CT molecular complexity index is 979. The number of nitro groups is 1. The van der Waals surface area contributed by atoms with Crippen molar-refractivity contribution in [2.75, 3.05) is 11.4 Å². The quantitative estimate of drug-likeness (QED) is 0.668. The van der Waals surface area contributed by atoms with Gasteiger partial charge in [-0.05, 0) is 42.3 Å². The summed E-state index contributed by atoms with van der Waals surface area (Å²) in [7, 11) is 0. The molecule has 0 aromatic heterocycles. The van der Waals surface area contributed by atoms with Crippen molar-refractivity contribution in [3.63, 3.8) is 0 Å². The molecule has 2 aliphatic rings. The number of fused-ring (bicyclic) bond motifs is 3. The smallest absolute Gasteiger partial charge is 0.269 e. The first-order valence-corrected chi connectivity index (χ1v) is 8.88. The number of carbonyl (C=O) groups excluding carboxylic acids is 1. The van der Waals surface area contributed by atoms with Gasteiger partial charge in [0.15, 0.2) is 0 Å². The maximum atomic E-state index is 12.3. The Balaban J connectivity index is 1.77. The highest BCUT2D eigenvalue weighted by Gasteiger charge is 2.59. The van der Waals surface area contributed by atoms with Crippen LogP contribution in [0.1, 0.15) is 30.5 Å². The maximum absolute atomic E-state index is 12.3. The number of benzene rings is 2. The molecule has 0 saturated carbocycles. The molecular formula is C21H21N3O3. The Kier molecular flexibility index (Phi) is 3.63. The van der Waals surface area contributed by atoms with E-state index in [0.29, 0.717) is 6.54 Å². The van der Waals surface area contributed by atoms with Crippen LogP contribution in [0.4, 0.5) is 11.4 Å². The first-order valence-electron chi connectivity index (χ1n) is 8.88. The van der Waals surface area contributed by atoms with E-state index in [4.69, 9.17) is 0 Å². The average Bonchev–Trinajstić information content (AvgIpc) is 3.05. The van der Waals surface area contributed by atoms with Crippen molar-refractivity contribution in [3.05, 3.63) is 75.3 Å². The molecule has 1 fully saturated rings. The number of carbonyl (C=O) groups is 1. The van der Waals surface area contributed by atoms with Gasteiger partial charge in [-0.15, -0.1) is 0 Å². The van der Waals surface area contributed by atoms with Crippen molar-refractivity contribution < 1.29 is 9.72 Å². The van der Waals surface area contributed by atoms with Crippen LogP contribution in [0.5, 0.6) is 0 Å². The van der Waals surface area contributed by atoms with Crippen LogP contribution in [0.15, 0.2) is 48.5 Å². The third-order valence-electron chi connectivity index (χ3n) is 5.75. The zero-order valence-corrected chi connectivity index (χ0v) is 15.5. The summed E-state index contributed by atoms with van der Waals surface area (Å²) < 4.78 is 0. The van der Waals surface area contributed by atoms with Crippen molar-refractivity contribution >= 4 is 23.4 Å². The number of hydrogen-bond donors (Lipinski definition) is 1. The van der Waals surface area contributed by atoms with Crippen LogP contribution in [-0.2, 0) is 10.2 Å². The van der Waals surface area contributed by atoms with Gasteiger partial charge in [0.1, 0.15) is 5.66 Å². The molecule has 138 valence electrons. The minimum Gasteiger partial charge on any atom is -0.335 e.